The molecule has 4 aromatic carbocycles. The summed E-state index contributed by atoms with van der Waals surface area (Å²) in [5, 5.41) is 2.11. The third-order valence-electron chi connectivity index (χ3n) is 8.67. The molecule has 0 saturated carbocycles. The molecule has 0 unspecified atom stereocenters. The van der Waals surface area contributed by atoms with Gasteiger partial charge >= 0.3 is 0 Å². The van der Waals surface area contributed by atoms with Gasteiger partial charge in [-0.15, -0.1) is 0 Å². The molecular formula is C40H46N2O2. The standard InChI is InChI=1S/C40H46N2O2/c1-37(2,3)23-39(7,8)25-15-19-33-31(21-25)41-35(43-33)29-17-18-30(28-14-12-11-13-27(28)29)36-42-32-22-26(16-20-34(32)44-36)40(9,10)24-38(4,5)6/h11-22H,23-24H2,1-10H3. The van der Waals surface area contributed by atoms with E-state index in [4.69, 9.17) is 18.8 Å². The molecule has 0 atom stereocenters. The van der Waals surface area contributed by atoms with E-state index >= 15 is 0 Å². The molecule has 0 spiro atoms. The fraction of sp³-hybridized carbons (Fsp3) is 0.400. The largest absolute Gasteiger partial charge is 0.436 e. The Balaban J connectivity index is 1.39. The van der Waals surface area contributed by atoms with E-state index in [0.717, 1.165) is 56.9 Å². The lowest BCUT2D eigenvalue weighted by atomic mass is 9.72. The van der Waals surface area contributed by atoms with Crippen LogP contribution < -0.4 is 0 Å². The maximum atomic E-state index is 6.35. The van der Waals surface area contributed by atoms with Crippen molar-refractivity contribution in [3.8, 4) is 22.9 Å². The maximum Gasteiger partial charge on any atom is 0.227 e. The van der Waals surface area contributed by atoms with Crippen LogP contribution in [0.1, 0.15) is 93.2 Å². The van der Waals surface area contributed by atoms with Gasteiger partial charge in [0, 0.05) is 11.1 Å². The fourth-order valence-electron chi connectivity index (χ4n) is 7.46. The monoisotopic (exact) mass is 586 g/mol. The first-order valence-electron chi connectivity index (χ1n) is 15.8. The highest BCUT2D eigenvalue weighted by Crippen LogP contribution is 2.41. The molecule has 6 aromatic rings. The maximum absolute atomic E-state index is 6.35. The molecule has 0 aliphatic rings. The predicted molar refractivity (Wildman–Crippen MR) is 184 cm³/mol. The van der Waals surface area contributed by atoms with Gasteiger partial charge in [0.15, 0.2) is 11.2 Å². The lowest BCUT2D eigenvalue weighted by Gasteiger charge is -2.33. The number of rotatable bonds is 6. The Morgan fingerprint density at radius 2 is 0.886 bits per heavy atom. The van der Waals surface area contributed by atoms with Gasteiger partial charge < -0.3 is 8.83 Å². The molecule has 0 bridgehead atoms. The third kappa shape index (κ3) is 5.92. The fourth-order valence-corrected chi connectivity index (χ4v) is 7.46. The Labute approximate surface area is 261 Å². The number of aromatic nitrogens is 2. The summed E-state index contributed by atoms with van der Waals surface area (Å²) in [6.45, 7) is 23.0. The smallest absolute Gasteiger partial charge is 0.227 e. The summed E-state index contributed by atoms with van der Waals surface area (Å²) in [7, 11) is 0. The van der Waals surface area contributed by atoms with Crippen LogP contribution in [0.2, 0.25) is 0 Å². The zero-order valence-corrected chi connectivity index (χ0v) is 28.1. The van der Waals surface area contributed by atoms with Crippen molar-refractivity contribution in [2.75, 3.05) is 0 Å². The Bertz CT molecular complexity index is 1850. The molecule has 4 nitrogen and oxygen atoms in total. The van der Waals surface area contributed by atoms with Crippen LogP contribution in [0, 0.1) is 10.8 Å². The Hall–Kier alpha value is -3.92. The molecule has 2 aromatic heterocycles. The highest BCUT2D eigenvalue weighted by atomic mass is 16.4. The first kappa shape index (κ1) is 30.1. The van der Waals surface area contributed by atoms with E-state index in [-0.39, 0.29) is 21.7 Å². The van der Waals surface area contributed by atoms with Crippen molar-refractivity contribution in [2.24, 2.45) is 10.8 Å². The second kappa shape index (κ2) is 10.3. The van der Waals surface area contributed by atoms with Crippen molar-refractivity contribution in [1.82, 2.24) is 9.97 Å². The SMILES string of the molecule is CC(C)(C)CC(C)(C)c1ccc2oc(-c3ccc(-c4nc5cc(C(C)(C)CC(C)(C)C)ccc5o4)c4ccccc34)nc2c1. The summed E-state index contributed by atoms with van der Waals surface area (Å²) in [6.07, 6.45) is 2.16. The highest BCUT2D eigenvalue weighted by molar-refractivity contribution is 6.03. The number of hydrogen-bond donors (Lipinski definition) is 0. The molecule has 0 fully saturated rings. The molecular weight excluding hydrogens is 540 g/mol. The second-order valence-electron chi connectivity index (χ2n) is 16.4. The van der Waals surface area contributed by atoms with Crippen LogP contribution in [-0.4, -0.2) is 9.97 Å². The van der Waals surface area contributed by atoms with Crippen LogP contribution in [0.25, 0.3) is 55.9 Å². The lowest BCUT2D eigenvalue weighted by molar-refractivity contribution is 0.284. The minimum atomic E-state index is 0.0303. The number of hydrogen-bond acceptors (Lipinski definition) is 4. The highest BCUT2D eigenvalue weighted by Gasteiger charge is 2.29. The van der Waals surface area contributed by atoms with Crippen molar-refractivity contribution in [1.29, 1.82) is 0 Å². The first-order valence-corrected chi connectivity index (χ1v) is 15.8. The van der Waals surface area contributed by atoms with Gasteiger partial charge in [-0.2, -0.15) is 0 Å². The van der Waals surface area contributed by atoms with E-state index in [1.165, 1.54) is 11.1 Å². The van der Waals surface area contributed by atoms with E-state index in [2.05, 4.69) is 142 Å². The van der Waals surface area contributed by atoms with Crippen LogP contribution in [0.3, 0.4) is 0 Å². The van der Waals surface area contributed by atoms with Crippen LogP contribution >= 0.6 is 0 Å². The van der Waals surface area contributed by atoms with Crippen LogP contribution in [0.5, 0.6) is 0 Å². The van der Waals surface area contributed by atoms with Crippen molar-refractivity contribution < 1.29 is 8.83 Å². The van der Waals surface area contributed by atoms with Gasteiger partial charge in [-0.25, -0.2) is 9.97 Å². The van der Waals surface area contributed by atoms with Crippen molar-refractivity contribution in [3.05, 3.63) is 83.9 Å². The summed E-state index contributed by atoms with van der Waals surface area (Å²) in [6, 6.07) is 25.4. The molecule has 0 amide bonds. The van der Waals surface area contributed by atoms with Crippen molar-refractivity contribution in [2.45, 2.75) is 92.9 Å². The lowest BCUT2D eigenvalue weighted by Crippen LogP contribution is -2.24. The summed E-state index contributed by atoms with van der Waals surface area (Å²) >= 11 is 0. The van der Waals surface area contributed by atoms with Crippen LogP contribution in [-0.2, 0) is 10.8 Å². The topological polar surface area (TPSA) is 52.1 Å². The molecule has 44 heavy (non-hydrogen) atoms. The number of benzene rings is 4. The predicted octanol–water partition coefficient (Wildman–Crippen LogP) is 11.9. The second-order valence-corrected chi connectivity index (χ2v) is 16.4. The summed E-state index contributed by atoms with van der Waals surface area (Å²) in [5.41, 5.74) is 8.36. The summed E-state index contributed by atoms with van der Waals surface area (Å²) in [4.78, 5) is 9.99. The van der Waals surface area contributed by atoms with Gasteiger partial charge in [0.05, 0.1) is 0 Å². The molecule has 2 heterocycles. The first-order chi connectivity index (χ1) is 20.5. The van der Waals surface area contributed by atoms with E-state index < -0.39 is 0 Å². The average molecular weight is 587 g/mol. The molecule has 0 N–H and O–H groups in total. The van der Waals surface area contributed by atoms with Gasteiger partial charge in [-0.05, 0) is 92.8 Å². The molecule has 228 valence electrons. The van der Waals surface area contributed by atoms with E-state index in [1.54, 1.807) is 0 Å². The summed E-state index contributed by atoms with van der Waals surface area (Å²) in [5.74, 6) is 1.24. The van der Waals surface area contributed by atoms with Crippen molar-refractivity contribution >= 4 is 33.0 Å². The van der Waals surface area contributed by atoms with Crippen LogP contribution in [0.4, 0.5) is 0 Å². The molecule has 0 saturated heterocycles. The Morgan fingerprint density at radius 3 is 1.25 bits per heavy atom. The molecule has 4 heteroatoms. The molecule has 0 aliphatic heterocycles. The third-order valence-corrected chi connectivity index (χ3v) is 8.67. The number of oxazole rings is 2. The van der Waals surface area contributed by atoms with E-state index in [1.807, 2.05) is 0 Å². The Morgan fingerprint density at radius 1 is 0.500 bits per heavy atom. The van der Waals surface area contributed by atoms with Crippen LogP contribution in [0.15, 0.2) is 81.6 Å². The Kier molecular flexibility index (Phi) is 7.07. The number of nitrogens with zero attached hydrogens (tertiary/aromatic N) is 2. The van der Waals surface area contributed by atoms with Gasteiger partial charge in [0.1, 0.15) is 11.0 Å². The summed E-state index contributed by atoms with van der Waals surface area (Å²) < 4.78 is 12.7. The van der Waals surface area contributed by atoms with Crippen molar-refractivity contribution in [3.63, 3.8) is 0 Å². The molecule has 0 aliphatic carbocycles. The minimum absolute atomic E-state index is 0.0303. The van der Waals surface area contributed by atoms with Gasteiger partial charge in [0.2, 0.25) is 11.8 Å². The van der Waals surface area contributed by atoms with Gasteiger partial charge in [-0.1, -0.05) is 106 Å². The van der Waals surface area contributed by atoms with Gasteiger partial charge in [0.25, 0.3) is 0 Å². The molecule has 0 radical (unpaired) electrons. The van der Waals surface area contributed by atoms with Gasteiger partial charge in [-0.3, -0.25) is 0 Å². The van der Waals surface area contributed by atoms with E-state index in [0.29, 0.717) is 11.8 Å². The zero-order valence-electron chi connectivity index (χ0n) is 28.1. The zero-order chi connectivity index (χ0) is 31.7. The minimum Gasteiger partial charge on any atom is -0.436 e. The average Bonchev–Trinajstić information content (AvgIpc) is 3.53. The quantitative estimate of drug-likeness (QED) is 0.195. The number of fused-ring (bicyclic) bond motifs is 3. The molecule has 6 rings (SSSR count). The normalized spacial score (nSPS) is 13.4. The van der Waals surface area contributed by atoms with E-state index in [9.17, 15) is 0 Å².